The van der Waals surface area contributed by atoms with Gasteiger partial charge in [-0.3, -0.25) is 0 Å². The molecule has 0 aromatic heterocycles. The molecule has 0 spiro atoms. The normalized spacial score (nSPS) is 24.4. The van der Waals surface area contributed by atoms with Crippen LogP contribution in [-0.2, 0) is 18.8 Å². The zero-order valence-electron chi connectivity index (χ0n) is 11.0. The van der Waals surface area contributed by atoms with Crippen LogP contribution in [0.2, 0.25) is 0 Å². The first-order valence-electron chi connectivity index (χ1n) is 5.57. The maximum absolute atomic E-state index is 11.3. The molecule has 0 saturated carbocycles. The number of hydroxylamine groups is 2. The summed E-state index contributed by atoms with van der Waals surface area (Å²) >= 11 is 0. The van der Waals surface area contributed by atoms with E-state index in [1.165, 1.54) is 5.06 Å². The van der Waals surface area contributed by atoms with E-state index in [2.05, 4.69) is 4.18 Å². The van der Waals surface area contributed by atoms with Crippen molar-refractivity contribution in [2.45, 2.75) is 57.7 Å². The van der Waals surface area contributed by atoms with Crippen LogP contribution < -0.4 is 0 Å². The highest BCUT2D eigenvalue weighted by molar-refractivity contribution is 7.82. The number of hydrogen-bond donors (Lipinski definition) is 1. The van der Waals surface area contributed by atoms with Crippen molar-refractivity contribution in [3.05, 3.63) is 0 Å². The lowest BCUT2D eigenvalue weighted by atomic mass is 9.80. The molecule has 1 aliphatic rings. The van der Waals surface area contributed by atoms with E-state index in [0.717, 1.165) is 0 Å². The van der Waals surface area contributed by atoms with Gasteiger partial charge in [0.25, 0.3) is 0 Å². The van der Waals surface area contributed by atoms with Gasteiger partial charge in [0, 0.05) is 13.9 Å². The van der Waals surface area contributed by atoms with Gasteiger partial charge in [-0.05, 0) is 40.5 Å². The summed E-state index contributed by atoms with van der Waals surface area (Å²) in [6, 6.07) is 0. The van der Waals surface area contributed by atoms with Gasteiger partial charge in [-0.2, -0.15) is 13.5 Å². The molecule has 0 bridgehead atoms. The Bertz CT molecular complexity index is 440. The number of rotatable bonds is 3. The Balaban J connectivity index is 0. The van der Waals surface area contributed by atoms with Gasteiger partial charge in [0.05, 0.1) is 6.10 Å². The molecule has 0 unspecified atom stereocenters. The minimum absolute atomic E-state index is 0. The van der Waals surface area contributed by atoms with E-state index in [4.69, 9.17) is 10.6 Å². The Morgan fingerprint density at radius 3 is 2.17 bits per heavy atom. The SMILES string of the molecule is C#COS(=O)(=O)OC1CC(C)(C)N(O)C(C)(C)C1.[HH].[HH]. The number of hydrogen-bond acceptors (Lipinski definition) is 6. The fourth-order valence-corrected chi connectivity index (χ4v) is 3.12. The quantitative estimate of drug-likeness (QED) is 0.794. The Kier molecular flexibility index (Phi) is 3.98. The van der Waals surface area contributed by atoms with Gasteiger partial charge >= 0.3 is 10.4 Å². The first-order valence-corrected chi connectivity index (χ1v) is 6.90. The molecular weight excluding hydrogens is 258 g/mol. The Hall–Kier alpha value is -0.810. The van der Waals surface area contributed by atoms with Crippen LogP contribution >= 0.6 is 0 Å². The third-order valence-electron chi connectivity index (χ3n) is 3.01. The summed E-state index contributed by atoms with van der Waals surface area (Å²) in [6.45, 7) is 7.22. The van der Waals surface area contributed by atoms with Crippen molar-refractivity contribution in [1.29, 1.82) is 0 Å². The molecule has 0 atom stereocenters. The summed E-state index contributed by atoms with van der Waals surface area (Å²) < 4.78 is 31.7. The maximum Gasteiger partial charge on any atom is 0.457 e. The third-order valence-corrected chi connectivity index (χ3v) is 3.81. The van der Waals surface area contributed by atoms with Crippen LogP contribution in [0.1, 0.15) is 43.4 Å². The van der Waals surface area contributed by atoms with E-state index >= 15 is 0 Å². The molecule has 0 aromatic rings. The van der Waals surface area contributed by atoms with Crippen LogP contribution in [-0.4, -0.2) is 35.9 Å². The average molecular weight is 281 g/mol. The van der Waals surface area contributed by atoms with Gasteiger partial charge < -0.3 is 9.39 Å². The molecule has 6 nitrogen and oxygen atoms in total. The first kappa shape index (κ1) is 15.2. The van der Waals surface area contributed by atoms with Gasteiger partial charge in [-0.25, -0.2) is 4.18 Å². The minimum atomic E-state index is -4.19. The second-order valence-electron chi connectivity index (χ2n) is 5.67. The van der Waals surface area contributed by atoms with E-state index in [0.29, 0.717) is 12.8 Å². The van der Waals surface area contributed by atoms with Crippen LogP contribution in [0.4, 0.5) is 0 Å². The zero-order valence-corrected chi connectivity index (χ0v) is 11.8. The number of nitrogens with zero attached hydrogens (tertiary/aromatic N) is 1. The van der Waals surface area contributed by atoms with Crippen LogP contribution in [0.3, 0.4) is 0 Å². The second-order valence-corrected chi connectivity index (χ2v) is 6.85. The molecule has 108 valence electrons. The Morgan fingerprint density at radius 2 is 1.78 bits per heavy atom. The molecule has 0 amide bonds. The van der Waals surface area contributed by atoms with E-state index in [1.807, 2.05) is 0 Å². The van der Waals surface area contributed by atoms with E-state index in [9.17, 15) is 13.6 Å². The van der Waals surface area contributed by atoms with E-state index in [1.54, 1.807) is 33.8 Å². The second kappa shape index (κ2) is 4.70. The minimum Gasteiger partial charge on any atom is -0.313 e. The third kappa shape index (κ3) is 3.36. The van der Waals surface area contributed by atoms with Crippen molar-refractivity contribution < 1.29 is 24.8 Å². The lowest BCUT2D eigenvalue weighted by Crippen LogP contribution is -2.60. The molecule has 1 fully saturated rings. The topological polar surface area (TPSA) is 76.1 Å². The van der Waals surface area contributed by atoms with Crippen LogP contribution in [0.5, 0.6) is 0 Å². The summed E-state index contributed by atoms with van der Waals surface area (Å²) in [6.07, 6.45) is 6.45. The Morgan fingerprint density at radius 1 is 1.33 bits per heavy atom. The molecule has 0 radical (unpaired) electrons. The molecule has 1 heterocycles. The fourth-order valence-electron chi connectivity index (χ4n) is 2.49. The summed E-state index contributed by atoms with van der Waals surface area (Å²) in [5, 5.41) is 11.3. The molecule has 7 heteroatoms. The van der Waals surface area contributed by atoms with Gasteiger partial charge in [-0.1, -0.05) is 6.42 Å². The average Bonchev–Trinajstić information content (AvgIpc) is 2.11. The largest absolute Gasteiger partial charge is 0.457 e. The molecule has 1 rings (SSSR count). The van der Waals surface area contributed by atoms with Gasteiger partial charge in [0.15, 0.2) is 0 Å². The highest BCUT2D eigenvalue weighted by Gasteiger charge is 2.46. The van der Waals surface area contributed by atoms with Crippen molar-refractivity contribution in [2.24, 2.45) is 0 Å². The van der Waals surface area contributed by atoms with Crippen molar-refractivity contribution in [2.75, 3.05) is 0 Å². The van der Waals surface area contributed by atoms with Gasteiger partial charge in [0.1, 0.15) is 6.11 Å². The monoisotopic (exact) mass is 281 g/mol. The molecule has 1 aliphatic heterocycles. The summed E-state index contributed by atoms with van der Waals surface area (Å²) in [4.78, 5) is 0. The lowest BCUT2D eigenvalue weighted by molar-refractivity contribution is -0.254. The molecule has 18 heavy (non-hydrogen) atoms. The molecule has 1 N–H and O–H groups in total. The van der Waals surface area contributed by atoms with Crippen molar-refractivity contribution in [3.63, 3.8) is 0 Å². The van der Waals surface area contributed by atoms with Crippen LogP contribution in [0.25, 0.3) is 0 Å². The first-order chi connectivity index (χ1) is 8.00. The number of terminal acetylenes is 1. The van der Waals surface area contributed by atoms with Crippen molar-refractivity contribution in [1.82, 2.24) is 5.06 Å². The fraction of sp³-hybridized carbons (Fsp3) is 0.818. The summed E-state index contributed by atoms with van der Waals surface area (Å²) in [7, 11) is -4.19. The smallest absolute Gasteiger partial charge is 0.313 e. The molecule has 0 aromatic carbocycles. The van der Waals surface area contributed by atoms with E-state index < -0.39 is 27.6 Å². The Labute approximate surface area is 111 Å². The molecule has 1 saturated heterocycles. The highest BCUT2D eigenvalue weighted by atomic mass is 32.3. The molecule has 0 aliphatic carbocycles. The van der Waals surface area contributed by atoms with Gasteiger partial charge in [-0.15, -0.1) is 0 Å². The van der Waals surface area contributed by atoms with Crippen molar-refractivity contribution >= 4 is 10.4 Å². The van der Waals surface area contributed by atoms with Crippen LogP contribution in [0, 0.1) is 12.5 Å². The zero-order chi connectivity index (χ0) is 14.2. The predicted molar refractivity (Wildman–Crippen MR) is 69.0 cm³/mol. The highest BCUT2D eigenvalue weighted by Crippen LogP contribution is 2.38. The van der Waals surface area contributed by atoms with Crippen LogP contribution in [0.15, 0.2) is 0 Å². The summed E-state index contributed by atoms with van der Waals surface area (Å²) in [5.74, 6) is 0. The predicted octanol–water partition coefficient (Wildman–Crippen LogP) is 1.76. The maximum atomic E-state index is 11.3. The number of piperidine rings is 1. The molecular formula is C11H23NO5S. The van der Waals surface area contributed by atoms with Crippen molar-refractivity contribution in [3.8, 4) is 12.5 Å². The lowest BCUT2D eigenvalue weighted by Gasteiger charge is -2.50. The van der Waals surface area contributed by atoms with E-state index in [-0.39, 0.29) is 2.85 Å². The summed E-state index contributed by atoms with van der Waals surface area (Å²) in [5.41, 5.74) is -1.20. The standard InChI is InChI=1S/C11H19NO5S.2H2/c1-6-16-18(14,15)17-9-7-10(2,3)12(13)11(4,5)8-9;;/h1,9,13H,7-8H2,2-5H3;2*1H. The van der Waals surface area contributed by atoms with Gasteiger partial charge in [0.2, 0.25) is 0 Å².